The maximum atomic E-state index is 11.9. The van der Waals surface area contributed by atoms with Crippen molar-refractivity contribution in [3.63, 3.8) is 0 Å². The van der Waals surface area contributed by atoms with Gasteiger partial charge in [-0.25, -0.2) is 8.98 Å². The lowest BCUT2D eigenvalue weighted by Gasteiger charge is -2.23. The summed E-state index contributed by atoms with van der Waals surface area (Å²) in [5.74, 6) is -1.78. The first-order valence-corrected chi connectivity index (χ1v) is 5.12. The van der Waals surface area contributed by atoms with Crippen molar-refractivity contribution in [1.82, 2.24) is 0 Å². The lowest BCUT2D eigenvalue weighted by Crippen LogP contribution is -2.43. The normalized spacial score (nSPS) is 17.1. The molecule has 0 aromatic rings. The fraction of sp³-hybridized carbons (Fsp3) is 0.833. The highest BCUT2D eigenvalue weighted by atomic mass is 32.2. The largest absolute Gasteiger partial charge is 0.523 e. The van der Waals surface area contributed by atoms with E-state index >= 15 is 0 Å². The number of rotatable bonds is 4. The molecule has 0 aromatic carbocycles. The molecule has 90 valence electrons. The van der Waals surface area contributed by atoms with Crippen molar-refractivity contribution in [2.24, 2.45) is 0 Å². The molecule has 0 aliphatic heterocycles. The number of aliphatic carboxylic acids is 1. The zero-order valence-corrected chi connectivity index (χ0v) is 8.65. The number of carbonyl (C=O) groups is 1. The Morgan fingerprint density at radius 3 is 2.00 bits per heavy atom. The third kappa shape index (κ3) is 3.06. The second-order valence-electron chi connectivity index (χ2n) is 2.87. The summed E-state index contributed by atoms with van der Waals surface area (Å²) in [6, 6.07) is 0. The van der Waals surface area contributed by atoms with Gasteiger partial charge in [0.25, 0.3) is 0 Å². The van der Waals surface area contributed by atoms with E-state index in [1.165, 1.54) is 6.92 Å². The Morgan fingerprint density at radius 1 is 1.40 bits per heavy atom. The molecule has 0 amide bonds. The average Bonchev–Trinajstić information content (AvgIpc) is 2.00. The van der Waals surface area contributed by atoms with E-state index < -0.39 is 33.6 Å². The van der Waals surface area contributed by atoms with Crippen LogP contribution in [0.2, 0.25) is 0 Å². The fourth-order valence-corrected chi connectivity index (χ4v) is 1.30. The van der Waals surface area contributed by atoms with E-state index in [-0.39, 0.29) is 0 Å². The van der Waals surface area contributed by atoms with Crippen molar-refractivity contribution in [3.8, 4) is 0 Å². The van der Waals surface area contributed by atoms with Gasteiger partial charge in [0, 0.05) is 0 Å². The van der Waals surface area contributed by atoms with Gasteiger partial charge >= 0.3 is 21.6 Å². The van der Waals surface area contributed by atoms with Crippen LogP contribution in [-0.4, -0.2) is 30.6 Å². The molecule has 0 rings (SSSR count). The molecule has 1 N–H and O–H groups in total. The van der Waals surface area contributed by atoms with E-state index in [1.807, 2.05) is 0 Å². The highest BCUT2D eigenvalue weighted by Crippen LogP contribution is 2.30. The first-order valence-electron chi connectivity index (χ1n) is 3.71. The maximum Gasteiger partial charge on any atom is 0.523 e. The monoisotopic (exact) mass is 250 g/mol. The minimum Gasteiger partial charge on any atom is -0.479 e. The van der Waals surface area contributed by atoms with E-state index in [9.17, 15) is 26.4 Å². The van der Waals surface area contributed by atoms with Gasteiger partial charge < -0.3 is 5.11 Å². The zero-order valence-electron chi connectivity index (χ0n) is 7.83. The van der Waals surface area contributed by atoms with Crippen LogP contribution in [0.3, 0.4) is 0 Å². The Kier molecular flexibility index (Phi) is 3.75. The number of carboxylic acids is 1. The van der Waals surface area contributed by atoms with E-state index in [1.54, 1.807) is 0 Å². The summed E-state index contributed by atoms with van der Waals surface area (Å²) in [5.41, 5.74) is -8.03. The minimum atomic E-state index is -5.89. The molecule has 0 saturated carbocycles. The van der Waals surface area contributed by atoms with Crippen molar-refractivity contribution in [2.45, 2.75) is 31.4 Å². The van der Waals surface area contributed by atoms with Crippen LogP contribution < -0.4 is 0 Å². The van der Waals surface area contributed by atoms with E-state index in [2.05, 4.69) is 4.18 Å². The molecule has 1 unspecified atom stereocenters. The van der Waals surface area contributed by atoms with Crippen LogP contribution in [0.1, 0.15) is 20.3 Å². The molecule has 0 aromatic heterocycles. The van der Waals surface area contributed by atoms with Gasteiger partial charge in [0.15, 0.2) is 5.60 Å². The molecule has 0 spiro atoms. The van der Waals surface area contributed by atoms with Crippen molar-refractivity contribution in [2.75, 3.05) is 0 Å². The summed E-state index contributed by atoms with van der Waals surface area (Å²) in [7, 11) is -5.89. The molecule has 1 atom stereocenters. The molecule has 0 heterocycles. The quantitative estimate of drug-likeness (QED) is 0.597. The van der Waals surface area contributed by atoms with Gasteiger partial charge in [0.05, 0.1) is 0 Å². The molecular formula is C6H9F3O5S. The van der Waals surface area contributed by atoms with Crippen molar-refractivity contribution in [1.29, 1.82) is 0 Å². The van der Waals surface area contributed by atoms with Crippen molar-refractivity contribution in [3.05, 3.63) is 0 Å². The first-order chi connectivity index (χ1) is 6.46. The molecule has 0 fully saturated rings. The Bertz CT molecular complexity index is 346. The van der Waals surface area contributed by atoms with Gasteiger partial charge in [0.2, 0.25) is 0 Å². The number of alkyl halides is 3. The van der Waals surface area contributed by atoms with Crippen LogP contribution in [0.25, 0.3) is 0 Å². The highest BCUT2D eigenvalue weighted by molar-refractivity contribution is 7.87. The van der Waals surface area contributed by atoms with Crippen molar-refractivity contribution < 1.29 is 35.7 Å². The van der Waals surface area contributed by atoms with Crippen LogP contribution in [-0.2, 0) is 19.1 Å². The average molecular weight is 250 g/mol. The smallest absolute Gasteiger partial charge is 0.479 e. The molecular weight excluding hydrogens is 241 g/mol. The van der Waals surface area contributed by atoms with Gasteiger partial charge in [-0.05, 0) is 13.3 Å². The predicted molar refractivity (Wildman–Crippen MR) is 42.4 cm³/mol. The minimum absolute atomic E-state index is 0.419. The number of hydrogen-bond donors (Lipinski definition) is 1. The van der Waals surface area contributed by atoms with Crippen LogP contribution in [0.4, 0.5) is 13.2 Å². The Labute approximate surface area is 84.0 Å². The maximum absolute atomic E-state index is 11.9. The predicted octanol–water partition coefficient (Wildman–Crippen LogP) is 1.11. The molecule has 0 bridgehead atoms. The summed E-state index contributed by atoms with van der Waals surface area (Å²) in [4.78, 5) is 10.5. The summed E-state index contributed by atoms with van der Waals surface area (Å²) >= 11 is 0. The molecule has 15 heavy (non-hydrogen) atoms. The fourth-order valence-electron chi connectivity index (χ4n) is 0.535. The third-order valence-electron chi connectivity index (χ3n) is 1.70. The Morgan fingerprint density at radius 2 is 1.80 bits per heavy atom. The van der Waals surface area contributed by atoms with Gasteiger partial charge in [-0.1, -0.05) is 6.92 Å². The molecule has 0 aliphatic rings. The zero-order chi connectivity index (χ0) is 12.5. The summed E-state index contributed by atoms with van der Waals surface area (Å²) in [6.45, 7) is 1.94. The summed E-state index contributed by atoms with van der Waals surface area (Å²) in [6.07, 6.45) is -0.419. The second-order valence-corrected chi connectivity index (χ2v) is 4.41. The Balaban J connectivity index is 5.12. The number of carboxylic acid groups (broad SMARTS) is 1. The molecule has 5 nitrogen and oxygen atoms in total. The van der Waals surface area contributed by atoms with Crippen LogP contribution >= 0.6 is 0 Å². The van der Waals surface area contributed by atoms with Crippen LogP contribution in [0.5, 0.6) is 0 Å². The highest BCUT2D eigenvalue weighted by Gasteiger charge is 2.52. The topological polar surface area (TPSA) is 80.7 Å². The van der Waals surface area contributed by atoms with Gasteiger partial charge in [0.1, 0.15) is 0 Å². The SMILES string of the molecule is CCC(C)(OS(=O)(=O)C(F)(F)F)C(=O)O. The molecule has 0 radical (unpaired) electrons. The molecule has 9 heteroatoms. The van der Waals surface area contributed by atoms with Crippen molar-refractivity contribution >= 4 is 16.1 Å². The van der Waals surface area contributed by atoms with E-state index in [0.717, 1.165) is 6.92 Å². The van der Waals surface area contributed by atoms with Gasteiger partial charge in [-0.2, -0.15) is 21.6 Å². The Hall–Kier alpha value is -0.830. The van der Waals surface area contributed by atoms with Gasteiger partial charge in [-0.15, -0.1) is 0 Å². The standard InChI is InChI=1S/C6H9F3O5S/c1-3-5(2,4(10)11)14-15(12,13)6(7,8)9/h3H2,1-2H3,(H,10,11). The lowest BCUT2D eigenvalue weighted by molar-refractivity contribution is -0.155. The van der Waals surface area contributed by atoms with Crippen LogP contribution in [0.15, 0.2) is 0 Å². The molecule has 0 saturated heterocycles. The van der Waals surface area contributed by atoms with E-state index in [0.29, 0.717) is 0 Å². The molecule has 0 aliphatic carbocycles. The van der Waals surface area contributed by atoms with Crippen LogP contribution in [0, 0.1) is 0 Å². The number of halogens is 3. The van der Waals surface area contributed by atoms with Gasteiger partial charge in [-0.3, -0.25) is 0 Å². The first kappa shape index (κ1) is 14.2. The second kappa shape index (κ2) is 3.97. The number of hydrogen-bond acceptors (Lipinski definition) is 4. The summed E-state index contributed by atoms with van der Waals surface area (Å²) < 4.78 is 60.3. The third-order valence-corrected chi connectivity index (χ3v) is 2.86. The lowest BCUT2D eigenvalue weighted by atomic mass is 10.1. The summed E-state index contributed by atoms with van der Waals surface area (Å²) in [5, 5.41) is 8.50. The van der Waals surface area contributed by atoms with E-state index in [4.69, 9.17) is 5.11 Å².